The number of hydrogen-bond acceptors (Lipinski definition) is 6. The van der Waals surface area contributed by atoms with Crippen LogP contribution in [0.1, 0.15) is 50.7 Å². The Hall–Kier alpha value is -4.21. The third-order valence-corrected chi connectivity index (χ3v) is 7.32. The third kappa shape index (κ3) is 5.04. The van der Waals surface area contributed by atoms with E-state index in [1.807, 2.05) is 48.4 Å². The minimum atomic E-state index is -0.285. The molecule has 1 aromatic carbocycles. The van der Waals surface area contributed by atoms with Crippen LogP contribution in [0.5, 0.6) is 0 Å². The SMILES string of the molecule is Cc1cc(N)nc(C)c1CNC(=O)c1cn(Cc2ccc(CN3CC4CC4C3=O)cc2NC=O)c(C)n1. The number of aromatic nitrogens is 3. The van der Waals surface area contributed by atoms with Crippen molar-refractivity contribution in [3.8, 4) is 0 Å². The van der Waals surface area contributed by atoms with Crippen molar-refractivity contribution in [3.05, 3.63) is 69.9 Å². The molecule has 10 heteroatoms. The number of imidazole rings is 1. The summed E-state index contributed by atoms with van der Waals surface area (Å²) >= 11 is 0. The lowest BCUT2D eigenvalue weighted by Gasteiger charge is -2.19. The van der Waals surface area contributed by atoms with E-state index in [9.17, 15) is 14.4 Å². The van der Waals surface area contributed by atoms with Gasteiger partial charge in [-0.25, -0.2) is 9.97 Å². The van der Waals surface area contributed by atoms with E-state index in [-0.39, 0.29) is 17.7 Å². The lowest BCUT2D eigenvalue weighted by atomic mass is 10.1. The lowest BCUT2D eigenvalue weighted by Crippen LogP contribution is -2.27. The molecule has 10 nitrogen and oxygen atoms in total. The predicted molar refractivity (Wildman–Crippen MR) is 139 cm³/mol. The molecule has 2 fully saturated rings. The van der Waals surface area contributed by atoms with Gasteiger partial charge >= 0.3 is 0 Å². The quantitative estimate of drug-likeness (QED) is 0.385. The average molecular weight is 502 g/mol. The molecule has 37 heavy (non-hydrogen) atoms. The molecule has 2 aliphatic rings. The van der Waals surface area contributed by atoms with Crippen LogP contribution in [-0.2, 0) is 29.2 Å². The number of anilines is 2. The number of nitrogen functional groups attached to an aromatic ring is 1. The molecule has 2 aromatic heterocycles. The summed E-state index contributed by atoms with van der Waals surface area (Å²) in [5.74, 6) is 1.82. The first-order valence-corrected chi connectivity index (χ1v) is 12.4. The largest absolute Gasteiger partial charge is 0.384 e. The fourth-order valence-corrected chi connectivity index (χ4v) is 5.16. The van der Waals surface area contributed by atoms with E-state index >= 15 is 0 Å². The molecule has 0 spiro atoms. The van der Waals surface area contributed by atoms with Crippen molar-refractivity contribution in [3.63, 3.8) is 0 Å². The van der Waals surface area contributed by atoms with Gasteiger partial charge in [-0.05, 0) is 67.5 Å². The number of aryl methyl sites for hydroxylation is 3. The Morgan fingerprint density at radius 1 is 1.19 bits per heavy atom. The second-order valence-corrected chi connectivity index (χ2v) is 9.99. The second kappa shape index (κ2) is 9.68. The molecule has 1 aliphatic heterocycles. The molecule has 3 aromatic rings. The zero-order valence-corrected chi connectivity index (χ0v) is 21.2. The maximum Gasteiger partial charge on any atom is 0.271 e. The Balaban J connectivity index is 1.27. The number of nitrogens with one attached hydrogen (secondary N) is 2. The molecule has 5 rings (SSSR count). The standard InChI is InChI=1S/C27H31N7O3/c1-15-6-25(28)31-16(2)22(15)9-29-26(36)24-13-33(17(3)32-24)11-19-5-4-18(7-23(19)30-14-35)10-34-12-20-8-21(20)27(34)37/h4-7,13-14,20-21H,8-12H2,1-3H3,(H2,28,31)(H,29,36)(H,30,35). The van der Waals surface area contributed by atoms with Crippen LogP contribution in [-0.4, -0.2) is 44.2 Å². The van der Waals surface area contributed by atoms with Gasteiger partial charge in [-0.1, -0.05) is 12.1 Å². The number of hydrogen-bond donors (Lipinski definition) is 3. The normalized spacial score (nSPS) is 18.0. The van der Waals surface area contributed by atoms with Gasteiger partial charge in [-0.15, -0.1) is 0 Å². The van der Waals surface area contributed by atoms with Crippen LogP contribution in [0.3, 0.4) is 0 Å². The number of nitrogens with two attached hydrogens (primary N) is 1. The number of carbonyl (C=O) groups is 3. The first kappa shape index (κ1) is 24.5. The van der Waals surface area contributed by atoms with Gasteiger partial charge < -0.3 is 25.8 Å². The highest BCUT2D eigenvalue weighted by molar-refractivity contribution is 5.92. The molecule has 1 aliphatic carbocycles. The van der Waals surface area contributed by atoms with Gasteiger partial charge in [-0.2, -0.15) is 0 Å². The highest BCUT2D eigenvalue weighted by atomic mass is 16.2. The maximum absolute atomic E-state index is 12.8. The Labute approximate surface area is 215 Å². The molecule has 2 unspecified atom stereocenters. The van der Waals surface area contributed by atoms with Gasteiger partial charge in [0.05, 0.1) is 6.54 Å². The van der Waals surface area contributed by atoms with Crippen molar-refractivity contribution in [2.24, 2.45) is 11.8 Å². The van der Waals surface area contributed by atoms with Crippen LogP contribution in [0, 0.1) is 32.6 Å². The fraction of sp³-hybridized carbons (Fsp3) is 0.370. The monoisotopic (exact) mass is 501 g/mol. The molecular formula is C27H31N7O3. The summed E-state index contributed by atoms with van der Waals surface area (Å²) in [6.45, 7) is 7.74. The minimum Gasteiger partial charge on any atom is -0.384 e. The summed E-state index contributed by atoms with van der Waals surface area (Å²) in [5.41, 5.74) is 11.3. The van der Waals surface area contributed by atoms with Crippen LogP contribution < -0.4 is 16.4 Å². The van der Waals surface area contributed by atoms with Gasteiger partial charge in [0.1, 0.15) is 17.3 Å². The van der Waals surface area contributed by atoms with Crippen molar-refractivity contribution in [1.29, 1.82) is 0 Å². The van der Waals surface area contributed by atoms with Gasteiger partial charge in [0.2, 0.25) is 12.3 Å². The van der Waals surface area contributed by atoms with E-state index in [0.29, 0.717) is 55.0 Å². The first-order chi connectivity index (χ1) is 17.7. The molecule has 3 heterocycles. The van der Waals surface area contributed by atoms with Crippen LogP contribution in [0.2, 0.25) is 0 Å². The van der Waals surface area contributed by atoms with E-state index in [1.54, 1.807) is 12.3 Å². The van der Waals surface area contributed by atoms with Gasteiger partial charge in [0.15, 0.2) is 0 Å². The molecule has 0 bridgehead atoms. The van der Waals surface area contributed by atoms with Crippen LogP contribution in [0.25, 0.3) is 0 Å². The summed E-state index contributed by atoms with van der Waals surface area (Å²) < 4.78 is 1.87. The Morgan fingerprint density at radius 2 is 2.00 bits per heavy atom. The Morgan fingerprint density at radius 3 is 2.70 bits per heavy atom. The van der Waals surface area contributed by atoms with E-state index < -0.39 is 0 Å². The molecule has 2 atom stereocenters. The van der Waals surface area contributed by atoms with Crippen molar-refractivity contribution in [2.45, 2.75) is 46.8 Å². The zero-order chi connectivity index (χ0) is 26.3. The highest BCUT2D eigenvalue weighted by Gasteiger charge is 2.51. The predicted octanol–water partition coefficient (Wildman–Crippen LogP) is 2.31. The summed E-state index contributed by atoms with van der Waals surface area (Å²) in [4.78, 5) is 47.1. The highest BCUT2D eigenvalue weighted by Crippen LogP contribution is 2.46. The Kier molecular flexibility index (Phi) is 6.41. The van der Waals surface area contributed by atoms with Crippen molar-refractivity contribution >= 4 is 29.7 Å². The number of amides is 3. The number of likely N-dealkylation sites (tertiary alicyclic amines) is 1. The first-order valence-electron chi connectivity index (χ1n) is 12.4. The molecular weight excluding hydrogens is 470 g/mol. The van der Waals surface area contributed by atoms with Crippen LogP contribution in [0.15, 0.2) is 30.5 Å². The summed E-state index contributed by atoms with van der Waals surface area (Å²) in [5, 5.41) is 5.70. The molecule has 1 saturated carbocycles. The maximum atomic E-state index is 12.8. The number of piperidine rings is 1. The number of fused-ring (bicyclic) bond motifs is 1. The minimum absolute atomic E-state index is 0.221. The van der Waals surface area contributed by atoms with E-state index in [0.717, 1.165) is 40.9 Å². The van der Waals surface area contributed by atoms with E-state index in [4.69, 9.17) is 5.73 Å². The van der Waals surface area contributed by atoms with Crippen LogP contribution >= 0.6 is 0 Å². The van der Waals surface area contributed by atoms with Crippen LogP contribution in [0.4, 0.5) is 11.5 Å². The van der Waals surface area contributed by atoms with Crippen molar-refractivity contribution in [2.75, 3.05) is 17.6 Å². The summed E-state index contributed by atoms with van der Waals surface area (Å²) in [7, 11) is 0. The number of rotatable bonds is 9. The summed E-state index contributed by atoms with van der Waals surface area (Å²) in [6, 6.07) is 7.62. The van der Waals surface area contributed by atoms with E-state index in [1.165, 1.54) is 0 Å². The van der Waals surface area contributed by atoms with E-state index in [2.05, 4.69) is 20.6 Å². The van der Waals surface area contributed by atoms with Gasteiger partial charge in [-0.3, -0.25) is 14.4 Å². The topological polar surface area (TPSA) is 135 Å². The third-order valence-electron chi connectivity index (χ3n) is 7.32. The van der Waals surface area contributed by atoms with Crippen molar-refractivity contribution < 1.29 is 14.4 Å². The second-order valence-electron chi connectivity index (χ2n) is 9.99. The molecule has 1 saturated heterocycles. The fourth-order valence-electron chi connectivity index (χ4n) is 5.16. The van der Waals surface area contributed by atoms with Gasteiger partial charge in [0, 0.05) is 43.1 Å². The molecule has 3 amide bonds. The average Bonchev–Trinajstić information content (AvgIpc) is 3.42. The smallest absolute Gasteiger partial charge is 0.271 e. The zero-order valence-electron chi connectivity index (χ0n) is 21.2. The van der Waals surface area contributed by atoms with Crippen molar-refractivity contribution in [1.82, 2.24) is 24.8 Å². The molecule has 192 valence electrons. The van der Waals surface area contributed by atoms with Gasteiger partial charge in [0.25, 0.3) is 5.91 Å². The number of nitrogens with zero attached hydrogens (tertiary/aromatic N) is 4. The summed E-state index contributed by atoms with van der Waals surface area (Å²) in [6.07, 6.45) is 3.38. The molecule has 4 N–H and O–H groups in total. The molecule has 0 radical (unpaired) electrons. The lowest BCUT2D eigenvalue weighted by molar-refractivity contribution is -0.130. The Bertz CT molecular complexity index is 1370. The number of pyridine rings is 1. The number of benzene rings is 1. The number of carbonyl (C=O) groups excluding carboxylic acids is 3.